The Morgan fingerprint density at radius 3 is 2.59 bits per heavy atom. The highest BCUT2D eigenvalue weighted by Crippen LogP contribution is 2.30. The summed E-state index contributed by atoms with van der Waals surface area (Å²) in [6.07, 6.45) is 1.80. The van der Waals surface area contributed by atoms with Gasteiger partial charge in [-0.3, -0.25) is 0 Å². The molecule has 3 aromatic rings. The summed E-state index contributed by atoms with van der Waals surface area (Å²) in [5.74, 6) is 2.51. The molecular weight excluding hydrogens is 342 g/mol. The number of fused-ring (bicyclic) bond motifs is 1. The van der Waals surface area contributed by atoms with Crippen molar-refractivity contribution in [2.45, 2.75) is 20.0 Å². The van der Waals surface area contributed by atoms with Gasteiger partial charge in [0.05, 0.1) is 36.9 Å². The van der Waals surface area contributed by atoms with Crippen molar-refractivity contribution < 1.29 is 14.2 Å². The number of methoxy groups -OCH3 is 2. The number of nitriles is 1. The minimum Gasteiger partial charge on any atom is -0.497 e. The van der Waals surface area contributed by atoms with E-state index in [4.69, 9.17) is 14.2 Å². The third-order valence-electron chi connectivity index (χ3n) is 3.93. The van der Waals surface area contributed by atoms with Gasteiger partial charge in [0.25, 0.3) is 0 Å². The number of H-pyrrole nitrogens is 1. The summed E-state index contributed by atoms with van der Waals surface area (Å²) < 4.78 is 16.4. The van der Waals surface area contributed by atoms with Crippen LogP contribution in [-0.4, -0.2) is 30.3 Å². The quantitative estimate of drug-likeness (QED) is 0.655. The third kappa shape index (κ3) is 4.04. The van der Waals surface area contributed by atoms with Gasteiger partial charge in [-0.25, -0.2) is 4.98 Å². The van der Waals surface area contributed by atoms with Gasteiger partial charge in [-0.15, -0.1) is 0 Å². The van der Waals surface area contributed by atoms with Crippen molar-refractivity contribution in [1.82, 2.24) is 9.97 Å². The summed E-state index contributed by atoms with van der Waals surface area (Å²) in [4.78, 5) is 7.67. The summed E-state index contributed by atoms with van der Waals surface area (Å²) in [5, 5.41) is 9.61. The number of allylic oxidation sites excluding steroid dienone is 1. The molecule has 2 aromatic carbocycles. The Labute approximate surface area is 158 Å². The average molecular weight is 363 g/mol. The van der Waals surface area contributed by atoms with Crippen LogP contribution in [0.3, 0.4) is 0 Å². The highest BCUT2D eigenvalue weighted by molar-refractivity contribution is 5.90. The van der Waals surface area contributed by atoms with Crippen molar-refractivity contribution in [1.29, 1.82) is 5.26 Å². The number of aromatic nitrogens is 2. The van der Waals surface area contributed by atoms with E-state index in [0.29, 0.717) is 22.9 Å². The zero-order valence-corrected chi connectivity index (χ0v) is 15.7. The number of nitrogens with one attached hydrogen (secondary N) is 1. The maximum absolute atomic E-state index is 9.61. The van der Waals surface area contributed by atoms with Crippen molar-refractivity contribution >= 4 is 22.7 Å². The van der Waals surface area contributed by atoms with Gasteiger partial charge in [-0.2, -0.15) is 5.26 Å². The lowest BCUT2D eigenvalue weighted by atomic mass is 10.1. The first-order valence-electron chi connectivity index (χ1n) is 8.54. The van der Waals surface area contributed by atoms with Crippen LogP contribution >= 0.6 is 0 Å². The SMILES string of the molecule is COc1ccc2nc(/C(C#N)=C\c3ccc(OC(C)C)c(OC)c3)[nH]c2c1. The smallest absolute Gasteiger partial charge is 0.161 e. The molecule has 0 unspecified atom stereocenters. The molecule has 6 heteroatoms. The van der Waals surface area contributed by atoms with Gasteiger partial charge < -0.3 is 19.2 Å². The minimum absolute atomic E-state index is 0.0440. The number of imidazole rings is 1. The lowest BCUT2D eigenvalue weighted by Crippen LogP contribution is -2.06. The second-order valence-electron chi connectivity index (χ2n) is 6.22. The van der Waals surface area contributed by atoms with Gasteiger partial charge in [0, 0.05) is 6.07 Å². The average Bonchev–Trinajstić information content (AvgIpc) is 3.09. The summed E-state index contributed by atoms with van der Waals surface area (Å²) >= 11 is 0. The zero-order valence-electron chi connectivity index (χ0n) is 15.7. The molecule has 0 saturated carbocycles. The van der Waals surface area contributed by atoms with E-state index in [9.17, 15) is 5.26 Å². The lowest BCUT2D eigenvalue weighted by molar-refractivity contribution is 0.230. The summed E-state index contributed by atoms with van der Waals surface area (Å²) in [6.45, 7) is 3.91. The number of hydrogen-bond donors (Lipinski definition) is 1. The van der Waals surface area contributed by atoms with Crippen molar-refractivity contribution in [3.63, 3.8) is 0 Å². The topological polar surface area (TPSA) is 80.2 Å². The third-order valence-corrected chi connectivity index (χ3v) is 3.93. The van der Waals surface area contributed by atoms with Gasteiger partial charge in [0.15, 0.2) is 11.5 Å². The van der Waals surface area contributed by atoms with Gasteiger partial charge in [0.1, 0.15) is 17.6 Å². The highest BCUT2D eigenvalue weighted by atomic mass is 16.5. The zero-order chi connectivity index (χ0) is 19.4. The Morgan fingerprint density at radius 1 is 1.11 bits per heavy atom. The predicted octanol–water partition coefficient (Wildman–Crippen LogP) is 4.43. The molecule has 1 N–H and O–H groups in total. The maximum Gasteiger partial charge on any atom is 0.161 e. The highest BCUT2D eigenvalue weighted by Gasteiger charge is 2.11. The lowest BCUT2D eigenvalue weighted by Gasteiger charge is -2.13. The predicted molar refractivity (Wildman–Crippen MR) is 105 cm³/mol. The maximum atomic E-state index is 9.61. The standard InChI is InChI=1S/C21H21N3O3/c1-13(2)27-19-8-5-14(10-20(19)26-4)9-15(12-22)21-23-17-7-6-16(25-3)11-18(17)24-21/h5-11,13H,1-4H3,(H,23,24)/b15-9-. The molecule has 27 heavy (non-hydrogen) atoms. The first-order valence-corrected chi connectivity index (χ1v) is 8.54. The molecule has 0 aliphatic carbocycles. The molecule has 3 rings (SSSR count). The molecule has 0 spiro atoms. The Morgan fingerprint density at radius 2 is 1.93 bits per heavy atom. The minimum atomic E-state index is 0.0440. The fourth-order valence-corrected chi connectivity index (χ4v) is 2.69. The molecule has 1 aromatic heterocycles. The van der Waals surface area contributed by atoms with Gasteiger partial charge in [-0.05, 0) is 49.8 Å². The molecule has 138 valence electrons. The second kappa shape index (κ2) is 7.83. The summed E-state index contributed by atoms with van der Waals surface area (Å²) in [5.41, 5.74) is 2.82. The van der Waals surface area contributed by atoms with E-state index in [1.807, 2.05) is 50.2 Å². The van der Waals surface area contributed by atoms with Crippen LogP contribution in [-0.2, 0) is 0 Å². The molecule has 0 aliphatic heterocycles. The molecule has 1 heterocycles. The monoisotopic (exact) mass is 363 g/mol. The molecule has 0 aliphatic rings. The van der Waals surface area contributed by atoms with Crippen molar-refractivity contribution in [2.75, 3.05) is 14.2 Å². The van der Waals surface area contributed by atoms with Crippen LogP contribution in [0.4, 0.5) is 0 Å². The van der Waals surface area contributed by atoms with Crippen LogP contribution < -0.4 is 14.2 Å². The van der Waals surface area contributed by atoms with Gasteiger partial charge in [0.2, 0.25) is 0 Å². The number of benzene rings is 2. The van der Waals surface area contributed by atoms with Crippen LogP contribution in [0.25, 0.3) is 22.7 Å². The molecule has 0 amide bonds. The van der Waals surface area contributed by atoms with Crippen LogP contribution in [0.15, 0.2) is 36.4 Å². The molecule has 0 saturated heterocycles. The largest absolute Gasteiger partial charge is 0.497 e. The van der Waals surface area contributed by atoms with E-state index in [1.165, 1.54) is 0 Å². The number of rotatable bonds is 6. The Hall–Kier alpha value is -3.46. The van der Waals surface area contributed by atoms with Gasteiger partial charge in [-0.1, -0.05) is 6.07 Å². The van der Waals surface area contributed by atoms with Crippen molar-refractivity contribution in [2.24, 2.45) is 0 Å². The first kappa shape index (κ1) is 18.3. The first-order chi connectivity index (χ1) is 13.0. The number of aromatic amines is 1. The van der Waals surface area contributed by atoms with E-state index in [2.05, 4.69) is 16.0 Å². The van der Waals surface area contributed by atoms with Crippen molar-refractivity contribution in [3.8, 4) is 23.3 Å². The van der Waals surface area contributed by atoms with E-state index in [-0.39, 0.29) is 6.10 Å². The van der Waals surface area contributed by atoms with Crippen molar-refractivity contribution in [3.05, 3.63) is 47.8 Å². The summed E-state index contributed by atoms with van der Waals surface area (Å²) in [7, 11) is 3.20. The van der Waals surface area contributed by atoms with Crippen LogP contribution in [0.2, 0.25) is 0 Å². The van der Waals surface area contributed by atoms with E-state index >= 15 is 0 Å². The summed E-state index contributed by atoms with van der Waals surface area (Å²) in [6, 6.07) is 13.3. The molecule has 0 bridgehead atoms. The van der Waals surface area contributed by atoms with E-state index in [1.54, 1.807) is 20.3 Å². The Balaban J connectivity index is 1.98. The fraction of sp³-hybridized carbons (Fsp3) is 0.238. The molecule has 0 radical (unpaired) electrons. The Bertz CT molecular complexity index is 1030. The normalized spacial score (nSPS) is 11.5. The second-order valence-corrected chi connectivity index (χ2v) is 6.22. The number of hydrogen-bond acceptors (Lipinski definition) is 5. The molecular formula is C21H21N3O3. The number of ether oxygens (including phenoxy) is 3. The van der Waals surface area contributed by atoms with Crippen LogP contribution in [0.1, 0.15) is 25.2 Å². The van der Waals surface area contributed by atoms with E-state index < -0.39 is 0 Å². The van der Waals surface area contributed by atoms with E-state index in [0.717, 1.165) is 22.3 Å². The Kier molecular flexibility index (Phi) is 5.32. The van der Waals surface area contributed by atoms with Gasteiger partial charge >= 0.3 is 0 Å². The van der Waals surface area contributed by atoms with Crippen LogP contribution in [0.5, 0.6) is 17.2 Å². The molecule has 0 atom stereocenters. The van der Waals surface area contributed by atoms with Crippen LogP contribution in [0, 0.1) is 11.3 Å². The molecule has 6 nitrogen and oxygen atoms in total. The fourth-order valence-electron chi connectivity index (χ4n) is 2.69. The molecule has 0 fully saturated rings. The number of nitrogens with zero attached hydrogens (tertiary/aromatic N) is 2.